The van der Waals surface area contributed by atoms with E-state index in [1.54, 1.807) is 12.1 Å². The molecule has 0 atom stereocenters. The van der Waals surface area contributed by atoms with Crippen LogP contribution in [0, 0.1) is 0 Å². The predicted molar refractivity (Wildman–Crippen MR) is 150 cm³/mol. The second-order valence-corrected chi connectivity index (χ2v) is 8.98. The topological polar surface area (TPSA) is 79.5 Å². The minimum absolute atomic E-state index is 0.0158. The van der Waals surface area contributed by atoms with Crippen molar-refractivity contribution in [3.63, 3.8) is 0 Å². The van der Waals surface area contributed by atoms with Gasteiger partial charge in [-0.3, -0.25) is 9.59 Å². The summed E-state index contributed by atoms with van der Waals surface area (Å²) in [4.78, 5) is 25.0. The van der Waals surface area contributed by atoms with Crippen LogP contribution in [0.2, 0.25) is 0 Å². The second kappa shape index (κ2) is 13.3. The zero-order valence-corrected chi connectivity index (χ0v) is 21.5. The van der Waals surface area contributed by atoms with Crippen molar-refractivity contribution in [1.82, 2.24) is 0 Å². The van der Waals surface area contributed by atoms with Gasteiger partial charge in [-0.2, -0.15) is 13.2 Å². The van der Waals surface area contributed by atoms with E-state index in [1.807, 2.05) is 42.5 Å². The van der Waals surface area contributed by atoms with E-state index in [0.717, 1.165) is 36.4 Å². The number of hydrogen-bond donors (Lipinski definition) is 3. The Bertz CT molecular complexity index is 1430. The molecule has 40 heavy (non-hydrogen) atoms. The first-order chi connectivity index (χ1) is 19.3. The summed E-state index contributed by atoms with van der Waals surface area (Å²) in [5.74, 6) is -0.198. The average Bonchev–Trinajstić information content (AvgIpc) is 2.95. The molecule has 0 fully saturated rings. The van der Waals surface area contributed by atoms with Gasteiger partial charge >= 0.3 is 6.18 Å². The molecule has 4 aromatic rings. The van der Waals surface area contributed by atoms with Gasteiger partial charge in [0, 0.05) is 22.6 Å². The number of aryl methyl sites for hydroxylation is 1. The van der Waals surface area contributed by atoms with Crippen molar-refractivity contribution in [2.24, 2.45) is 0 Å². The number of alkyl halides is 3. The van der Waals surface area contributed by atoms with E-state index in [2.05, 4.69) is 28.1 Å². The average molecular weight is 548 g/mol. The molecule has 0 aromatic heterocycles. The van der Waals surface area contributed by atoms with Gasteiger partial charge in [-0.25, -0.2) is 0 Å². The lowest BCUT2D eigenvalue weighted by molar-refractivity contribution is -0.137. The lowest BCUT2D eigenvalue weighted by Gasteiger charge is -2.11. The minimum atomic E-state index is -4.52. The molecule has 0 aliphatic heterocycles. The highest BCUT2D eigenvalue weighted by Crippen LogP contribution is 2.30. The normalized spacial score (nSPS) is 11.0. The summed E-state index contributed by atoms with van der Waals surface area (Å²) in [6.45, 7) is 0.582. The van der Waals surface area contributed by atoms with Gasteiger partial charge in [-0.15, -0.1) is 0 Å². The zero-order chi connectivity index (χ0) is 28.4. The highest BCUT2D eigenvalue weighted by atomic mass is 19.4. The zero-order valence-electron chi connectivity index (χ0n) is 21.5. The summed E-state index contributed by atoms with van der Waals surface area (Å²) < 4.78 is 44.6. The van der Waals surface area contributed by atoms with Crippen LogP contribution < -0.4 is 20.7 Å². The maximum absolute atomic E-state index is 12.9. The molecule has 6 nitrogen and oxygen atoms in total. The van der Waals surface area contributed by atoms with E-state index in [4.69, 9.17) is 4.74 Å². The van der Waals surface area contributed by atoms with Crippen LogP contribution in [-0.2, 0) is 17.4 Å². The number of carbonyl (C=O) groups is 2. The molecule has 0 heterocycles. The molecule has 0 bridgehead atoms. The molecule has 0 radical (unpaired) electrons. The fourth-order valence-electron chi connectivity index (χ4n) is 3.88. The summed E-state index contributed by atoms with van der Waals surface area (Å²) in [6.07, 6.45) is -2.67. The molecule has 4 aromatic carbocycles. The first-order valence-electron chi connectivity index (χ1n) is 12.7. The number of carbonyl (C=O) groups excluding carboxylic acids is 2. The fraction of sp³-hybridized carbons (Fsp3) is 0.161. The van der Waals surface area contributed by atoms with Crippen molar-refractivity contribution in [2.75, 3.05) is 29.1 Å². The number of hydrogen-bond acceptors (Lipinski definition) is 4. The van der Waals surface area contributed by atoms with E-state index in [1.165, 1.54) is 29.8 Å². The van der Waals surface area contributed by atoms with Crippen molar-refractivity contribution < 1.29 is 27.5 Å². The lowest BCUT2D eigenvalue weighted by Crippen LogP contribution is -2.22. The van der Waals surface area contributed by atoms with Gasteiger partial charge < -0.3 is 20.7 Å². The Morgan fingerprint density at radius 3 is 2.15 bits per heavy atom. The SMILES string of the molecule is O=C(CNc1ccc(OCCCc2ccccc2)cc1)Nc1cccc(C(=O)Nc2cccc(C(F)(F)F)c2)c1. The first kappa shape index (κ1) is 28.2. The summed E-state index contributed by atoms with van der Waals surface area (Å²) >= 11 is 0. The number of anilines is 3. The van der Waals surface area contributed by atoms with Gasteiger partial charge in [-0.05, 0) is 79.1 Å². The molecule has 9 heteroatoms. The van der Waals surface area contributed by atoms with Crippen LogP contribution in [-0.4, -0.2) is 25.0 Å². The maximum atomic E-state index is 12.9. The summed E-state index contributed by atoms with van der Waals surface area (Å²) in [6, 6.07) is 28.0. The summed E-state index contributed by atoms with van der Waals surface area (Å²) in [5, 5.41) is 8.19. The number of benzene rings is 4. The van der Waals surface area contributed by atoms with Gasteiger partial charge in [0.05, 0.1) is 18.7 Å². The largest absolute Gasteiger partial charge is 0.494 e. The standard InChI is InChI=1S/C31H28F3N3O3/c32-31(33,34)24-11-5-13-27(20-24)37-30(39)23-10-4-12-26(19-23)36-29(38)21-35-25-14-16-28(17-15-25)40-18-6-9-22-7-2-1-3-8-22/h1-5,7-8,10-17,19-20,35H,6,9,18,21H2,(H,36,38)(H,37,39). The molecular weight excluding hydrogens is 519 g/mol. The molecular formula is C31H28F3N3O3. The Morgan fingerprint density at radius 1 is 0.725 bits per heavy atom. The smallest absolute Gasteiger partial charge is 0.416 e. The van der Waals surface area contributed by atoms with Crippen LogP contribution in [0.15, 0.2) is 103 Å². The fourth-order valence-corrected chi connectivity index (χ4v) is 3.88. The quantitative estimate of drug-likeness (QED) is 0.176. The number of amides is 2. The van der Waals surface area contributed by atoms with Crippen LogP contribution in [0.3, 0.4) is 0 Å². The molecule has 0 saturated heterocycles. The van der Waals surface area contributed by atoms with E-state index < -0.39 is 17.6 Å². The third-order valence-corrected chi connectivity index (χ3v) is 5.89. The van der Waals surface area contributed by atoms with Gasteiger partial charge in [0.1, 0.15) is 5.75 Å². The van der Waals surface area contributed by atoms with Gasteiger partial charge in [0.2, 0.25) is 5.91 Å². The maximum Gasteiger partial charge on any atom is 0.416 e. The van der Waals surface area contributed by atoms with E-state index in [-0.39, 0.29) is 23.7 Å². The Hall–Kier alpha value is -4.79. The van der Waals surface area contributed by atoms with Crippen LogP contribution >= 0.6 is 0 Å². The Balaban J connectivity index is 1.22. The molecule has 2 amide bonds. The minimum Gasteiger partial charge on any atom is -0.494 e. The molecule has 0 aliphatic carbocycles. The van der Waals surface area contributed by atoms with Crippen molar-refractivity contribution in [1.29, 1.82) is 0 Å². The molecule has 206 valence electrons. The van der Waals surface area contributed by atoms with Crippen molar-refractivity contribution in [2.45, 2.75) is 19.0 Å². The Kier molecular flexibility index (Phi) is 9.40. The van der Waals surface area contributed by atoms with Crippen LogP contribution in [0.4, 0.5) is 30.2 Å². The molecule has 0 aliphatic rings. The second-order valence-electron chi connectivity index (χ2n) is 8.98. The highest BCUT2D eigenvalue weighted by molar-refractivity contribution is 6.05. The number of halogens is 3. The van der Waals surface area contributed by atoms with Crippen LogP contribution in [0.25, 0.3) is 0 Å². The third-order valence-electron chi connectivity index (χ3n) is 5.89. The number of ether oxygens (including phenoxy) is 1. The monoisotopic (exact) mass is 547 g/mol. The molecule has 0 unspecified atom stereocenters. The molecule has 0 saturated carbocycles. The summed E-state index contributed by atoms with van der Waals surface area (Å²) in [7, 11) is 0. The summed E-state index contributed by atoms with van der Waals surface area (Å²) in [5.41, 5.74) is 1.72. The van der Waals surface area contributed by atoms with E-state index in [9.17, 15) is 22.8 Å². The molecule has 3 N–H and O–H groups in total. The van der Waals surface area contributed by atoms with E-state index in [0.29, 0.717) is 12.3 Å². The number of nitrogens with one attached hydrogen (secondary N) is 3. The Labute approximate surface area is 230 Å². The van der Waals surface area contributed by atoms with Gasteiger partial charge in [0.25, 0.3) is 5.91 Å². The van der Waals surface area contributed by atoms with Crippen molar-refractivity contribution in [3.8, 4) is 5.75 Å². The Morgan fingerprint density at radius 2 is 1.43 bits per heavy atom. The lowest BCUT2D eigenvalue weighted by atomic mass is 10.1. The van der Waals surface area contributed by atoms with E-state index >= 15 is 0 Å². The number of rotatable bonds is 11. The van der Waals surface area contributed by atoms with Crippen molar-refractivity contribution in [3.05, 3.63) is 120 Å². The van der Waals surface area contributed by atoms with Crippen LogP contribution in [0.5, 0.6) is 5.75 Å². The third kappa shape index (κ3) is 8.62. The molecule has 4 rings (SSSR count). The molecule has 0 spiro atoms. The first-order valence-corrected chi connectivity index (χ1v) is 12.7. The predicted octanol–water partition coefficient (Wildman–Crippen LogP) is 7.02. The highest BCUT2D eigenvalue weighted by Gasteiger charge is 2.30. The van der Waals surface area contributed by atoms with Crippen molar-refractivity contribution >= 4 is 28.9 Å². The van der Waals surface area contributed by atoms with Crippen LogP contribution in [0.1, 0.15) is 27.9 Å². The van der Waals surface area contributed by atoms with Gasteiger partial charge in [0.15, 0.2) is 0 Å². The van der Waals surface area contributed by atoms with Gasteiger partial charge in [-0.1, -0.05) is 42.5 Å².